The van der Waals surface area contributed by atoms with Crippen molar-refractivity contribution in [3.05, 3.63) is 69.3 Å². The number of benzene rings is 2. The van der Waals surface area contributed by atoms with Gasteiger partial charge in [-0.05, 0) is 55.2 Å². The van der Waals surface area contributed by atoms with E-state index >= 15 is 0 Å². The average molecular weight is 431 g/mol. The molecular formula is C23H24ClFN2O3. The maximum atomic E-state index is 13.9. The number of nitrogens with zero attached hydrogens (tertiary/aromatic N) is 1. The van der Waals surface area contributed by atoms with Gasteiger partial charge in [-0.3, -0.25) is 0 Å². The van der Waals surface area contributed by atoms with Crippen LogP contribution in [0.15, 0.2) is 51.7 Å². The lowest BCUT2D eigenvalue weighted by Gasteiger charge is -2.33. The van der Waals surface area contributed by atoms with E-state index in [1.165, 1.54) is 13.2 Å². The molecule has 7 heteroatoms. The smallest absolute Gasteiger partial charge is 0.338 e. The molecule has 1 saturated heterocycles. The van der Waals surface area contributed by atoms with Crippen LogP contribution in [-0.4, -0.2) is 37.7 Å². The van der Waals surface area contributed by atoms with Crippen LogP contribution in [0.25, 0.3) is 11.0 Å². The molecule has 2 heterocycles. The molecule has 0 aliphatic carbocycles. The highest BCUT2D eigenvalue weighted by Crippen LogP contribution is 2.27. The van der Waals surface area contributed by atoms with Crippen molar-refractivity contribution in [2.24, 2.45) is 0 Å². The first kappa shape index (κ1) is 20.7. The van der Waals surface area contributed by atoms with Gasteiger partial charge < -0.3 is 19.4 Å². The average Bonchev–Trinajstić information content (AvgIpc) is 2.74. The van der Waals surface area contributed by atoms with E-state index in [0.29, 0.717) is 10.6 Å². The van der Waals surface area contributed by atoms with Gasteiger partial charge in [0.2, 0.25) is 0 Å². The number of anilines is 1. The van der Waals surface area contributed by atoms with Crippen LogP contribution in [0.2, 0.25) is 5.02 Å². The molecule has 1 fully saturated rings. The number of hydrogen-bond donors (Lipinski definition) is 1. The van der Waals surface area contributed by atoms with Crippen molar-refractivity contribution in [2.45, 2.75) is 25.3 Å². The number of fused-ring (bicyclic) bond motifs is 1. The minimum Gasteiger partial charge on any atom is -0.494 e. The summed E-state index contributed by atoms with van der Waals surface area (Å²) in [4.78, 5) is 14.3. The fourth-order valence-corrected chi connectivity index (χ4v) is 4.10. The molecule has 158 valence electrons. The van der Waals surface area contributed by atoms with Gasteiger partial charge in [-0.15, -0.1) is 0 Å². The van der Waals surface area contributed by atoms with Crippen molar-refractivity contribution in [1.82, 2.24) is 4.90 Å². The molecule has 3 aromatic rings. The molecule has 0 saturated carbocycles. The van der Waals surface area contributed by atoms with Crippen LogP contribution in [0.1, 0.15) is 18.4 Å². The predicted octanol–water partition coefficient (Wildman–Crippen LogP) is 4.71. The Labute approximate surface area is 179 Å². The van der Waals surface area contributed by atoms with Crippen LogP contribution in [-0.2, 0) is 6.42 Å². The van der Waals surface area contributed by atoms with Crippen molar-refractivity contribution >= 4 is 28.3 Å². The van der Waals surface area contributed by atoms with Crippen LogP contribution in [0.5, 0.6) is 5.75 Å². The third-order valence-electron chi connectivity index (χ3n) is 5.58. The van der Waals surface area contributed by atoms with Crippen LogP contribution in [0.3, 0.4) is 0 Å². The zero-order valence-electron chi connectivity index (χ0n) is 16.8. The fraction of sp³-hybridized carbons (Fsp3) is 0.348. The number of hydrogen-bond acceptors (Lipinski definition) is 5. The minimum atomic E-state index is -0.378. The molecule has 0 bridgehead atoms. The second-order valence-electron chi connectivity index (χ2n) is 7.60. The van der Waals surface area contributed by atoms with E-state index in [9.17, 15) is 9.18 Å². The lowest BCUT2D eigenvalue weighted by atomic mass is 10.0. The lowest BCUT2D eigenvalue weighted by Crippen LogP contribution is -2.40. The van der Waals surface area contributed by atoms with Crippen molar-refractivity contribution in [3.63, 3.8) is 0 Å². The molecule has 0 amide bonds. The SMILES string of the molecule is COc1ccc(CCN2CCC(Nc3cc(=O)oc4ccc(Cl)cc34)CC2)cc1F. The largest absolute Gasteiger partial charge is 0.494 e. The van der Waals surface area contributed by atoms with E-state index in [1.807, 2.05) is 12.1 Å². The number of likely N-dealkylation sites (tertiary alicyclic amines) is 1. The monoisotopic (exact) mass is 430 g/mol. The summed E-state index contributed by atoms with van der Waals surface area (Å²) in [7, 11) is 1.47. The van der Waals surface area contributed by atoms with Crippen LogP contribution in [0.4, 0.5) is 10.1 Å². The van der Waals surface area contributed by atoms with Gasteiger partial charge in [-0.25, -0.2) is 9.18 Å². The van der Waals surface area contributed by atoms with E-state index in [4.69, 9.17) is 20.8 Å². The molecule has 2 aromatic carbocycles. The van der Waals surface area contributed by atoms with Gasteiger partial charge in [0.15, 0.2) is 11.6 Å². The summed E-state index contributed by atoms with van der Waals surface area (Å²) in [5.41, 5.74) is 1.87. The van der Waals surface area contributed by atoms with Gasteiger partial charge in [0, 0.05) is 42.2 Å². The van der Waals surface area contributed by atoms with Gasteiger partial charge in [0.25, 0.3) is 0 Å². The standard InChI is InChI=1S/C23H24ClFN2O3/c1-29-22-4-2-15(12-19(22)25)6-9-27-10-7-17(8-11-27)26-20-14-23(28)30-21-5-3-16(24)13-18(20)21/h2-5,12-14,17,26H,6-11H2,1H3. The number of halogens is 2. The Bertz CT molecular complexity index is 1090. The summed E-state index contributed by atoms with van der Waals surface area (Å²) in [6.45, 7) is 2.76. The minimum absolute atomic E-state index is 0.267. The predicted molar refractivity (Wildman–Crippen MR) is 117 cm³/mol. The Kier molecular flexibility index (Phi) is 6.25. The summed E-state index contributed by atoms with van der Waals surface area (Å²) in [5.74, 6) is -0.0491. The second-order valence-corrected chi connectivity index (χ2v) is 8.04. The van der Waals surface area contributed by atoms with E-state index in [2.05, 4.69) is 10.2 Å². The second kappa shape index (κ2) is 9.06. The molecule has 1 aliphatic rings. The molecule has 5 nitrogen and oxygen atoms in total. The number of rotatable bonds is 6. The summed E-state index contributed by atoms with van der Waals surface area (Å²) >= 11 is 6.12. The quantitative estimate of drug-likeness (QED) is 0.574. The molecule has 0 spiro atoms. The highest BCUT2D eigenvalue weighted by Gasteiger charge is 2.20. The first-order valence-corrected chi connectivity index (χ1v) is 10.4. The molecule has 1 aromatic heterocycles. The lowest BCUT2D eigenvalue weighted by molar-refractivity contribution is 0.221. The zero-order valence-corrected chi connectivity index (χ0v) is 17.5. The van der Waals surface area contributed by atoms with E-state index in [-0.39, 0.29) is 23.2 Å². The van der Waals surface area contributed by atoms with Gasteiger partial charge in [0.05, 0.1) is 12.8 Å². The Morgan fingerprint density at radius 1 is 1.20 bits per heavy atom. The zero-order chi connectivity index (χ0) is 21.1. The van der Waals surface area contributed by atoms with Crippen LogP contribution >= 0.6 is 11.6 Å². The van der Waals surface area contributed by atoms with Crippen LogP contribution < -0.4 is 15.7 Å². The van der Waals surface area contributed by atoms with Crippen molar-refractivity contribution in [1.29, 1.82) is 0 Å². The van der Waals surface area contributed by atoms with E-state index < -0.39 is 0 Å². The summed E-state index contributed by atoms with van der Waals surface area (Å²) < 4.78 is 24.1. The maximum absolute atomic E-state index is 13.9. The molecule has 0 unspecified atom stereocenters. The van der Waals surface area contributed by atoms with Crippen LogP contribution in [0, 0.1) is 5.82 Å². The Hall–Kier alpha value is -2.57. The van der Waals surface area contributed by atoms with E-state index in [1.54, 1.807) is 24.3 Å². The number of ether oxygens (including phenoxy) is 1. The van der Waals surface area contributed by atoms with Gasteiger partial charge in [0.1, 0.15) is 5.58 Å². The summed E-state index contributed by atoms with van der Waals surface area (Å²) in [5, 5.41) is 4.91. The van der Waals surface area contributed by atoms with Gasteiger partial charge in [-0.1, -0.05) is 17.7 Å². The first-order chi connectivity index (χ1) is 14.5. The van der Waals surface area contributed by atoms with Gasteiger partial charge >= 0.3 is 5.63 Å². The topological polar surface area (TPSA) is 54.7 Å². The maximum Gasteiger partial charge on any atom is 0.338 e. The highest BCUT2D eigenvalue weighted by molar-refractivity contribution is 6.31. The van der Waals surface area contributed by atoms with E-state index in [0.717, 1.165) is 55.5 Å². The summed E-state index contributed by atoms with van der Waals surface area (Å²) in [6.07, 6.45) is 2.71. The van der Waals surface area contributed by atoms with Crippen molar-refractivity contribution in [2.75, 3.05) is 32.1 Å². The Morgan fingerprint density at radius 2 is 2.00 bits per heavy atom. The third-order valence-corrected chi connectivity index (χ3v) is 5.82. The molecule has 4 rings (SSSR count). The number of piperidine rings is 1. The molecule has 30 heavy (non-hydrogen) atoms. The summed E-state index contributed by atoms with van der Waals surface area (Å²) in [6, 6.07) is 12.1. The first-order valence-electron chi connectivity index (χ1n) is 10.1. The molecule has 1 N–H and O–H groups in total. The Morgan fingerprint density at radius 3 is 2.73 bits per heavy atom. The normalized spacial score (nSPS) is 15.4. The van der Waals surface area contributed by atoms with Gasteiger partial charge in [-0.2, -0.15) is 0 Å². The van der Waals surface area contributed by atoms with Crippen molar-refractivity contribution < 1.29 is 13.5 Å². The number of nitrogens with one attached hydrogen (secondary N) is 1. The Balaban J connectivity index is 1.34. The molecule has 0 atom stereocenters. The molecule has 0 radical (unpaired) electrons. The fourth-order valence-electron chi connectivity index (χ4n) is 3.93. The third kappa shape index (κ3) is 4.77. The van der Waals surface area contributed by atoms with Crippen molar-refractivity contribution in [3.8, 4) is 5.75 Å². The molecule has 1 aliphatic heterocycles. The number of methoxy groups -OCH3 is 1. The highest BCUT2D eigenvalue weighted by atomic mass is 35.5. The molecular weight excluding hydrogens is 407 g/mol.